The number of nitrogens with one attached hydrogen (secondary N) is 2. The number of H-pyrrole nitrogens is 1. The van der Waals surface area contributed by atoms with Crippen molar-refractivity contribution in [3.8, 4) is 0 Å². The summed E-state index contributed by atoms with van der Waals surface area (Å²) in [6.07, 6.45) is 15.7. The number of aromatic amines is 1. The summed E-state index contributed by atoms with van der Waals surface area (Å²) >= 11 is 0. The molecule has 31 heavy (non-hydrogen) atoms. The van der Waals surface area contributed by atoms with Crippen molar-refractivity contribution in [2.45, 2.75) is 96.9 Å². The second kappa shape index (κ2) is 13.6. The molecule has 1 aromatic heterocycles. The fourth-order valence-corrected chi connectivity index (χ4v) is 4.51. The Balaban J connectivity index is 1.56. The molecule has 0 amide bonds. The molecule has 0 radical (unpaired) electrons. The van der Waals surface area contributed by atoms with Crippen molar-refractivity contribution in [3.63, 3.8) is 0 Å². The van der Waals surface area contributed by atoms with Gasteiger partial charge in [0.15, 0.2) is 0 Å². The number of nitrogens with zero attached hydrogens (tertiary/aromatic N) is 3. The molecule has 0 bridgehead atoms. The summed E-state index contributed by atoms with van der Waals surface area (Å²) in [6.45, 7) is 7.18. The predicted octanol–water partition coefficient (Wildman–Crippen LogP) is 3.97. The van der Waals surface area contributed by atoms with Crippen LogP contribution in [-0.4, -0.2) is 42.4 Å². The molecule has 2 heterocycles. The molecule has 0 saturated carbocycles. The molecule has 1 aromatic rings. The smallest absolute Gasteiger partial charge is 0.329 e. The number of aromatic nitrogens is 2. The van der Waals surface area contributed by atoms with Crippen molar-refractivity contribution in [3.05, 3.63) is 20.8 Å². The molecule has 7 heteroatoms. The minimum Gasteiger partial charge on any atom is -0.349 e. The summed E-state index contributed by atoms with van der Waals surface area (Å²) in [7, 11) is 3.62. The van der Waals surface area contributed by atoms with Crippen molar-refractivity contribution >= 4 is 11.5 Å². The average Bonchev–Trinajstić information content (AvgIpc) is 3.07. The maximum atomic E-state index is 12.2. The van der Waals surface area contributed by atoms with E-state index in [9.17, 15) is 9.59 Å². The lowest BCUT2D eigenvalue weighted by Crippen LogP contribution is -2.33. The fraction of sp³-hybridized carbons (Fsp3) is 0.833. The average molecular weight is 436 g/mol. The van der Waals surface area contributed by atoms with Gasteiger partial charge in [-0.25, -0.2) is 4.79 Å². The van der Waals surface area contributed by atoms with Crippen molar-refractivity contribution in [2.75, 3.05) is 36.6 Å². The van der Waals surface area contributed by atoms with Gasteiger partial charge in [-0.3, -0.25) is 14.3 Å². The summed E-state index contributed by atoms with van der Waals surface area (Å²) in [5, 5.41) is 3.66. The molecule has 0 spiro atoms. The second-order valence-corrected chi connectivity index (χ2v) is 9.27. The first-order valence-corrected chi connectivity index (χ1v) is 12.5. The van der Waals surface area contributed by atoms with Gasteiger partial charge in [-0.15, -0.1) is 0 Å². The topological polar surface area (TPSA) is 73.4 Å². The molecule has 0 fully saturated rings. The Labute approximate surface area is 188 Å². The van der Waals surface area contributed by atoms with E-state index in [4.69, 9.17) is 0 Å². The Kier molecular flexibility index (Phi) is 11.2. The van der Waals surface area contributed by atoms with Crippen LogP contribution in [0.15, 0.2) is 9.59 Å². The van der Waals surface area contributed by atoms with Gasteiger partial charge in [-0.05, 0) is 32.7 Å². The molecule has 7 nitrogen and oxygen atoms in total. The van der Waals surface area contributed by atoms with Crippen LogP contribution in [0.3, 0.4) is 0 Å². The zero-order valence-electron chi connectivity index (χ0n) is 20.3. The van der Waals surface area contributed by atoms with Crippen molar-refractivity contribution in [1.82, 2.24) is 14.9 Å². The van der Waals surface area contributed by atoms with E-state index in [1.165, 1.54) is 57.8 Å². The Morgan fingerprint density at radius 1 is 0.935 bits per heavy atom. The third kappa shape index (κ3) is 8.02. The highest BCUT2D eigenvalue weighted by Crippen LogP contribution is 2.29. The molecule has 2 rings (SSSR count). The van der Waals surface area contributed by atoms with Gasteiger partial charge in [0, 0.05) is 26.7 Å². The SMILES string of the molecule is CCCCCCCCCCCNC(C)CCCCN1CN(C)c2c1n(C)c(=O)[nH]c2=O. The number of rotatable bonds is 16. The zero-order chi connectivity index (χ0) is 22.6. The largest absolute Gasteiger partial charge is 0.349 e. The van der Waals surface area contributed by atoms with Gasteiger partial charge in [0.25, 0.3) is 5.56 Å². The molecule has 0 aliphatic carbocycles. The van der Waals surface area contributed by atoms with Gasteiger partial charge in [0.1, 0.15) is 11.5 Å². The number of fused-ring (bicyclic) bond motifs is 1. The van der Waals surface area contributed by atoms with E-state index in [-0.39, 0.29) is 11.2 Å². The number of unbranched alkanes of at least 4 members (excludes halogenated alkanes) is 9. The van der Waals surface area contributed by atoms with Crippen molar-refractivity contribution < 1.29 is 0 Å². The van der Waals surface area contributed by atoms with E-state index >= 15 is 0 Å². The number of hydrogen-bond acceptors (Lipinski definition) is 5. The normalized spacial score (nSPS) is 14.3. The molecule has 2 N–H and O–H groups in total. The molecule has 1 aliphatic heterocycles. The van der Waals surface area contributed by atoms with Crippen LogP contribution in [0.1, 0.15) is 90.9 Å². The predicted molar refractivity (Wildman–Crippen MR) is 131 cm³/mol. The van der Waals surface area contributed by atoms with E-state index < -0.39 is 0 Å². The first-order chi connectivity index (χ1) is 15.0. The molecule has 0 aromatic carbocycles. The highest BCUT2D eigenvalue weighted by molar-refractivity contribution is 5.71. The van der Waals surface area contributed by atoms with Crippen LogP contribution in [0.2, 0.25) is 0 Å². The lowest BCUT2D eigenvalue weighted by molar-refractivity contribution is 0.471. The highest BCUT2D eigenvalue weighted by atomic mass is 16.2. The number of anilines is 2. The monoisotopic (exact) mass is 435 g/mol. The molecular weight excluding hydrogens is 390 g/mol. The first-order valence-electron chi connectivity index (χ1n) is 12.5. The third-order valence-corrected chi connectivity index (χ3v) is 6.42. The van der Waals surface area contributed by atoms with E-state index in [1.807, 2.05) is 11.9 Å². The van der Waals surface area contributed by atoms with E-state index in [0.29, 0.717) is 18.4 Å². The van der Waals surface area contributed by atoms with Crippen LogP contribution < -0.4 is 26.4 Å². The molecule has 1 unspecified atom stereocenters. The van der Waals surface area contributed by atoms with Crippen LogP contribution in [0.4, 0.5) is 11.5 Å². The highest BCUT2D eigenvalue weighted by Gasteiger charge is 2.29. The zero-order valence-corrected chi connectivity index (χ0v) is 20.3. The molecule has 178 valence electrons. The minimum absolute atomic E-state index is 0.294. The van der Waals surface area contributed by atoms with Crippen molar-refractivity contribution in [1.29, 1.82) is 0 Å². The lowest BCUT2D eigenvalue weighted by atomic mass is 10.1. The second-order valence-electron chi connectivity index (χ2n) is 9.27. The molecule has 0 saturated heterocycles. The Morgan fingerprint density at radius 3 is 2.26 bits per heavy atom. The molecular formula is C24H45N5O2. The van der Waals surface area contributed by atoms with Gasteiger partial charge in [-0.2, -0.15) is 0 Å². The Hall–Kier alpha value is -1.76. The van der Waals surface area contributed by atoms with Gasteiger partial charge in [0.05, 0.1) is 6.67 Å². The van der Waals surface area contributed by atoms with Gasteiger partial charge in [-0.1, -0.05) is 64.7 Å². The van der Waals surface area contributed by atoms with Gasteiger partial charge < -0.3 is 15.1 Å². The Morgan fingerprint density at radius 2 is 1.58 bits per heavy atom. The third-order valence-electron chi connectivity index (χ3n) is 6.42. The van der Waals surface area contributed by atoms with E-state index in [1.54, 1.807) is 11.6 Å². The minimum atomic E-state index is -0.349. The van der Waals surface area contributed by atoms with E-state index in [0.717, 1.165) is 38.2 Å². The van der Waals surface area contributed by atoms with Crippen molar-refractivity contribution in [2.24, 2.45) is 7.05 Å². The van der Waals surface area contributed by atoms with Crippen LogP contribution in [0.25, 0.3) is 0 Å². The fourth-order valence-electron chi connectivity index (χ4n) is 4.51. The standard InChI is InChI=1S/C24H45N5O2/c1-5-6-7-8-9-10-11-12-14-17-25-20(2)16-13-15-18-29-19-27(3)21-22(30)26-24(31)28(4)23(21)29/h20,25H,5-19H2,1-4H3,(H,26,30,31). The van der Waals surface area contributed by atoms with Crippen LogP contribution >= 0.6 is 0 Å². The van der Waals surface area contributed by atoms with E-state index in [2.05, 4.69) is 29.0 Å². The Bertz CT molecular complexity index is 757. The summed E-state index contributed by atoms with van der Waals surface area (Å²) in [5.74, 6) is 0.743. The van der Waals surface area contributed by atoms with Gasteiger partial charge in [0.2, 0.25) is 0 Å². The maximum absolute atomic E-state index is 12.2. The number of hydrogen-bond donors (Lipinski definition) is 2. The summed E-state index contributed by atoms with van der Waals surface area (Å²) in [5.41, 5.74) is -0.0473. The van der Waals surface area contributed by atoms with Crippen LogP contribution in [0.5, 0.6) is 0 Å². The summed E-state index contributed by atoms with van der Waals surface area (Å²) in [4.78, 5) is 30.6. The first kappa shape index (κ1) is 25.5. The van der Waals surface area contributed by atoms with Crippen LogP contribution in [-0.2, 0) is 7.05 Å². The van der Waals surface area contributed by atoms with Crippen LogP contribution in [0, 0.1) is 0 Å². The lowest BCUT2D eigenvalue weighted by Gasteiger charge is -2.21. The van der Waals surface area contributed by atoms with Gasteiger partial charge >= 0.3 is 5.69 Å². The summed E-state index contributed by atoms with van der Waals surface area (Å²) < 4.78 is 1.55. The molecule has 1 atom stereocenters. The summed E-state index contributed by atoms with van der Waals surface area (Å²) in [6, 6.07) is 0.537. The molecule has 1 aliphatic rings. The maximum Gasteiger partial charge on any atom is 0.329 e. The quantitative estimate of drug-likeness (QED) is 0.385.